The van der Waals surface area contributed by atoms with Crippen molar-refractivity contribution in [2.45, 2.75) is 161 Å². The minimum absolute atomic E-state index is 0.0433. The predicted octanol–water partition coefficient (Wildman–Crippen LogP) is 10.4. The first-order valence-electron chi connectivity index (χ1n) is 15.8. The van der Waals surface area contributed by atoms with Gasteiger partial charge in [0.25, 0.3) is 0 Å². The smallest absolute Gasteiger partial charge is 0.307 e. The van der Waals surface area contributed by atoms with Crippen molar-refractivity contribution in [3.8, 4) is 0 Å². The molecular weight excluding hydrogens is 460 g/mol. The van der Waals surface area contributed by atoms with Crippen LogP contribution in [0.2, 0.25) is 0 Å². The van der Waals surface area contributed by atoms with Gasteiger partial charge in [0.2, 0.25) is 0 Å². The van der Waals surface area contributed by atoms with Crippen LogP contribution < -0.4 is 0 Å². The number of esters is 1. The van der Waals surface area contributed by atoms with Crippen LogP contribution in [-0.4, -0.2) is 23.7 Å². The van der Waals surface area contributed by atoms with Crippen LogP contribution >= 0.6 is 0 Å². The van der Waals surface area contributed by atoms with E-state index in [1.54, 1.807) is 0 Å². The zero-order valence-corrected chi connectivity index (χ0v) is 24.4. The molecule has 1 N–H and O–H groups in total. The monoisotopic (exact) mass is 520 g/mol. The summed E-state index contributed by atoms with van der Waals surface area (Å²) in [5.41, 5.74) is 0. The van der Waals surface area contributed by atoms with E-state index in [2.05, 4.69) is 25.7 Å². The van der Waals surface area contributed by atoms with E-state index < -0.39 is 17.9 Å². The second-order valence-corrected chi connectivity index (χ2v) is 10.8. The predicted molar refractivity (Wildman–Crippen MR) is 158 cm³/mol. The molecule has 0 radical (unpaired) electrons. The first-order valence-corrected chi connectivity index (χ1v) is 15.8. The van der Waals surface area contributed by atoms with Gasteiger partial charge in [-0.15, -0.1) is 0 Å². The maximum atomic E-state index is 11.6. The number of carbonyl (C=O) groups excluding carboxylic acids is 1. The Balaban J connectivity index is 3.36. The van der Waals surface area contributed by atoms with Gasteiger partial charge in [0, 0.05) is 0 Å². The van der Waals surface area contributed by atoms with E-state index >= 15 is 0 Å². The van der Waals surface area contributed by atoms with Crippen molar-refractivity contribution in [2.24, 2.45) is 5.92 Å². The van der Waals surface area contributed by atoms with E-state index in [1.165, 1.54) is 128 Å². The molecule has 216 valence electrons. The van der Waals surface area contributed by atoms with Gasteiger partial charge in [0.1, 0.15) is 6.61 Å². The molecule has 1 atom stereocenters. The molecule has 37 heavy (non-hydrogen) atoms. The second kappa shape index (κ2) is 29.0. The maximum absolute atomic E-state index is 11.6. The molecule has 1 unspecified atom stereocenters. The molecule has 0 rings (SSSR count). The molecule has 0 aliphatic heterocycles. The highest BCUT2D eigenvalue weighted by molar-refractivity contribution is 5.78. The maximum Gasteiger partial charge on any atom is 0.307 e. The summed E-state index contributed by atoms with van der Waals surface area (Å²) in [4.78, 5) is 23.0. The molecule has 0 amide bonds. The Labute approximate surface area is 229 Å². The quantitative estimate of drug-likeness (QED) is 0.0605. The highest BCUT2D eigenvalue weighted by atomic mass is 16.5. The van der Waals surface area contributed by atoms with Crippen LogP contribution in [0.25, 0.3) is 0 Å². The van der Waals surface area contributed by atoms with Crippen LogP contribution in [-0.2, 0) is 14.3 Å². The molecule has 0 aromatic rings. The highest BCUT2D eigenvalue weighted by Gasteiger charge is 2.21. The first kappa shape index (κ1) is 35.4. The summed E-state index contributed by atoms with van der Waals surface area (Å²) in [7, 11) is 0. The van der Waals surface area contributed by atoms with E-state index in [0.717, 1.165) is 19.3 Å². The lowest BCUT2D eigenvalue weighted by molar-refractivity contribution is -0.151. The summed E-state index contributed by atoms with van der Waals surface area (Å²) in [6.07, 6.45) is 35.6. The van der Waals surface area contributed by atoms with Crippen LogP contribution in [0.1, 0.15) is 161 Å². The van der Waals surface area contributed by atoms with Crippen molar-refractivity contribution in [2.75, 3.05) is 6.61 Å². The van der Waals surface area contributed by atoms with Gasteiger partial charge in [0.15, 0.2) is 0 Å². The summed E-state index contributed by atoms with van der Waals surface area (Å²) < 4.78 is 4.90. The van der Waals surface area contributed by atoms with Gasteiger partial charge in [-0.25, -0.2) is 0 Å². The fourth-order valence-corrected chi connectivity index (χ4v) is 4.78. The molecule has 0 aliphatic carbocycles. The zero-order chi connectivity index (χ0) is 27.2. The summed E-state index contributed by atoms with van der Waals surface area (Å²) in [6.45, 7) is 5.91. The van der Waals surface area contributed by atoms with Gasteiger partial charge in [-0.3, -0.25) is 9.59 Å². The van der Waals surface area contributed by atoms with Gasteiger partial charge in [-0.2, -0.15) is 0 Å². The average molecular weight is 521 g/mol. The molecule has 0 saturated carbocycles. The summed E-state index contributed by atoms with van der Waals surface area (Å²) >= 11 is 0. The van der Waals surface area contributed by atoms with Gasteiger partial charge in [0.05, 0.1) is 12.3 Å². The van der Waals surface area contributed by atoms with Crippen LogP contribution in [0.4, 0.5) is 0 Å². The fourth-order valence-electron chi connectivity index (χ4n) is 4.78. The Morgan fingerprint density at radius 1 is 0.676 bits per heavy atom. The summed E-state index contributed by atoms with van der Waals surface area (Å²) in [6, 6.07) is 0. The Hall–Kier alpha value is -1.58. The number of carbonyl (C=O) groups is 2. The summed E-state index contributed by atoms with van der Waals surface area (Å²) in [5, 5.41) is 9.30. The van der Waals surface area contributed by atoms with E-state index in [1.807, 2.05) is 0 Å². The van der Waals surface area contributed by atoms with E-state index in [9.17, 15) is 14.7 Å². The number of unbranched alkanes of at least 4 members (excludes halogenated alkanes) is 20. The standard InChI is InChI=1S/C33H60O4/c1-3-5-6-7-8-9-10-11-12-13-14-15-16-17-18-19-20-21-22-23-24-25-26-27-28-31(33(35)36)30-32(34)37-29-4-2/h4,15-16,31H,2-3,5-14,17-30H2,1H3,(H,35,36)/b16-15+. The first-order chi connectivity index (χ1) is 18.1. The number of aliphatic carboxylic acids is 1. The van der Waals surface area contributed by atoms with Crippen LogP contribution in [0.3, 0.4) is 0 Å². The molecule has 0 bridgehead atoms. The Bertz CT molecular complexity index is 555. The number of hydrogen-bond acceptors (Lipinski definition) is 3. The van der Waals surface area contributed by atoms with Gasteiger partial charge in [-0.1, -0.05) is 147 Å². The molecule has 0 fully saturated rings. The highest BCUT2D eigenvalue weighted by Crippen LogP contribution is 2.17. The number of ether oxygens (including phenoxy) is 1. The molecule has 0 aromatic heterocycles. The second-order valence-electron chi connectivity index (χ2n) is 10.8. The largest absolute Gasteiger partial charge is 0.481 e. The number of carboxylic acids is 1. The van der Waals surface area contributed by atoms with Gasteiger partial charge < -0.3 is 9.84 Å². The van der Waals surface area contributed by atoms with Crippen LogP contribution in [0.5, 0.6) is 0 Å². The third kappa shape index (κ3) is 27.3. The number of hydrogen-bond donors (Lipinski definition) is 1. The average Bonchev–Trinajstić information content (AvgIpc) is 2.89. The lowest BCUT2D eigenvalue weighted by Crippen LogP contribution is -2.19. The van der Waals surface area contributed by atoms with Crippen molar-refractivity contribution in [1.29, 1.82) is 0 Å². The number of rotatable bonds is 29. The van der Waals surface area contributed by atoms with Crippen molar-refractivity contribution in [3.05, 3.63) is 24.8 Å². The molecule has 4 heteroatoms. The summed E-state index contributed by atoms with van der Waals surface area (Å²) in [5.74, 6) is -1.99. The number of carboxylic acid groups (broad SMARTS) is 1. The lowest BCUT2D eigenvalue weighted by atomic mass is 9.97. The molecule has 4 nitrogen and oxygen atoms in total. The van der Waals surface area contributed by atoms with Crippen molar-refractivity contribution in [3.63, 3.8) is 0 Å². The number of allylic oxidation sites excluding steroid dienone is 2. The van der Waals surface area contributed by atoms with E-state index in [-0.39, 0.29) is 13.0 Å². The molecule has 0 aliphatic rings. The Morgan fingerprint density at radius 2 is 1.08 bits per heavy atom. The minimum Gasteiger partial charge on any atom is -0.481 e. The van der Waals surface area contributed by atoms with E-state index in [0.29, 0.717) is 6.42 Å². The third-order valence-corrected chi connectivity index (χ3v) is 7.19. The van der Waals surface area contributed by atoms with Crippen LogP contribution in [0, 0.1) is 5.92 Å². The lowest BCUT2D eigenvalue weighted by Gasteiger charge is -2.11. The van der Waals surface area contributed by atoms with Crippen molar-refractivity contribution >= 4 is 11.9 Å². The minimum atomic E-state index is -0.903. The SMILES string of the molecule is C=CCOC(=O)CC(CCCCCCCCCCCC/C=C/CCCCCCCCCCCC)C(=O)O. The van der Waals surface area contributed by atoms with Gasteiger partial charge >= 0.3 is 11.9 Å². The third-order valence-electron chi connectivity index (χ3n) is 7.19. The fraction of sp³-hybridized carbons (Fsp3) is 0.818. The van der Waals surface area contributed by atoms with Gasteiger partial charge in [-0.05, 0) is 32.1 Å². The zero-order valence-electron chi connectivity index (χ0n) is 24.4. The molecular formula is C33H60O4. The van der Waals surface area contributed by atoms with Crippen LogP contribution in [0.15, 0.2) is 24.8 Å². The molecule has 0 heterocycles. The van der Waals surface area contributed by atoms with Crippen molar-refractivity contribution in [1.82, 2.24) is 0 Å². The molecule has 0 spiro atoms. The Morgan fingerprint density at radius 3 is 1.49 bits per heavy atom. The molecule has 0 aromatic carbocycles. The van der Waals surface area contributed by atoms with E-state index in [4.69, 9.17) is 4.74 Å². The Kier molecular flexibility index (Phi) is 27.7. The molecule has 0 saturated heterocycles. The normalized spacial score (nSPS) is 12.1. The topological polar surface area (TPSA) is 63.6 Å². The van der Waals surface area contributed by atoms with Crippen molar-refractivity contribution < 1.29 is 19.4 Å².